The van der Waals surface area contributed by atoms with Crippen molar-refractivity contribution in [2.45, 2.75) is 13.0 Å². The number of furan rings is 1. The molecule has 1 atom stereocenters. The van der Waals surface area contributed by atoms with Gasteiger partial charge < -0.3 is 14.5 Å². The van der Waals surface area contributed by atoms with Crippen LogP contribution in [0.3, 0.4) is 0 Å². The molecule has 0 saturated heterocycles. The number of benzene rings is 1. The van der Waals surface area contributed by atoms with Gasteiger partial charge in [-0.1, -0.05) is 0 Å². The molecule has 2 rings (SSSR count). The molecule has 3 N–H and O–H groups in total. The number of carbonyl (C=O) groups is 1. The van der Waals surface area contributed by atoms with Gasteiger partial charge in [0.05, 0.1) is 6.61 Å². The lowest BCUT2D eigenvalue weighted by Gasteiger charge is -2.16. The van der Waals surface area contributed by atoms with Crippen LogP contribution in [0.2, 0.25) is 0 Å². The summed E-state index contributed by atoms with van der Waals surface area (Å²) >= 11 is 5.05. The molecule has 6 nitrogen and oxygen atoms in total. The van der Waals surface area contributed by atoms with Crippen LogP contribution in [0.25, 0.3) is 11.3 Å². The van der Waals surface area contributed by atoms with Crippen LogP contribution in [0.4, 0.5) is 4.39 Å². The SMILES string of the molecule is COC[C@@H](C)NC(=S)NNC(=O)c1ccc(-c2ccc(F)cc2)o1. The molecule has 0 unspecified atom stereocenters. The van der Waals surface area contributed by atoms with Gasteiger partial charge in [0.2, 0.25) is 0 Å². The maximum atomic E-state index is 12.9. The van der Waals surface area contributed by atoms with Crippen molar-refractivity contribution in [1.82, 2.24) is 16.2 Å². The first-order valence-corrected chi connectivity index (χ1v) is 7.62. The van der Waals surface area contributed by atoms with Crippen LogP contribution in [0.5, 0.6) is 0 Å². The van der Waals surface area contributed by atoms with E-state index in [0.717, 1.165) is 0 Å². The highest BCUT2D eigenvalue weighted by molar-refractivity contribution is 7.80. The second-order valence-corrected chi connectivity index (χ2v) is 5.49. The normalized spacial score (nSPS) is 11.6. The van der Waals surface area contributed by atoms with E-state index in [0.29, 0.717) is 17.9 Å². The summed E-state index contributed by atoms with van der Waals surface area (Å²) in [6.07, 6.45) is 0. The van der Waals surface area contributed by atoms with Gasteiger partial charge in [0.15, 0.2) is 10.9 Å². The quantitative estimate of drug-likeness (QED) is 0.567. The first-order valence-electron chi connectivity index (χ1n) is 7.21. The molecule has 0 saturated carbocycles. The molecule has 1 aromatic heterocycles. The van der Waals surface area contributed by atoms with Gasteiger partial charge in [0, 0.05) is 18.7 Å². The molecule has 0 radical (unpaired) electrons. The summed E-state index contributed by atoms with van der Waals surface area (Å²) in [4.78, 5) is 12.0. The van der Waals surface area contributed by atoms with Crippen LogP contribution >= 0.6 is 12.2 Å². The van der Waals surface area contributed by atoms with E-state index in [2.05, 4.69) is 16.2 Å². The van der Waals surface area contributed by atoms with Crippen molar-refractivity contribution in [3.63, 3.8) is 0 Å². The van der Waals surface area contributed by atoms with Crippen molar-refractivity contribution in [2.24, 2.45) is 0 Å². The zero-order chi connectivity index (χ0) is 17.5. The Morgan fingerprint density at radius 3 is 2.62 bits per heavy atom. The number of hydrogen-bond acceptors (Lipinski definition) is 4. The molecule has 0 aliphatic rings. The summed E-state index contributed by atoms with van der Waals surface area (Å²) in [5, 5.41) is 3.20. The topological polar surface area (TPSA) is 75.5 Å². The van der Waals surface area contributed by atoms with Gasteiger partial charge in [0.1, 0.15) is 11.6 Å². The first-order chi connectivity index (χ1) is 11.5. The predicted molar refractivity (Wildman–Crippen MR) is 91.8 cm³/mol. The van der Waals surface area contributed by atoms with Crippen LogP contribution in [0, 0.1) is 5.82 Å². The fourth-order valence-corrected chi connectivity index (χ4v) is 2.21. The van der Waals surface area contributed by atoms with Gasteiger partial charge in [-0.25, -0.2) is 4.39 Å². The third kappa shape index (κ3) is 5.04. The van der Waals surface area contributed by atoms with Gasteiger partial charge in [-0.3, -0.25) is 15.6 Å². The Labute approximate surface area is 144 Å². The molecule has 1 heterocycles. The van der Waals surface area contributed by atoms with Crippen LogP contribution in [-0.4, -0.2) is 30.8 Å². The average Bonchev–Trinajstić information content (AvgIpc) is 3.03. The molecule has 24 heavy (non-hydrogen) atoms. The second-order valence-electron chi connectivity index (χ2n) is 5.08. The molecule has 0 aliphatic heterocycles. The third-order valence-corrected chi connectivity index (χ3v) is 3.26. The maximum Gasteiger partial charge on any atom is 0.305 e. The Hall–Kier alpha value is -2.45. The van der Waals surface area contributed by atoms with E-state index in [9.17, 15) is 9.18 Å². The van der Waals surface area contributed by atoms with Crippen molar-refractivity contribution in [1.29, 1.82) is 0 Å². The summed E-state index contributed by atoms with van der Waals surface area (Å²) in [6.45, 7) is 2.37. The van der Waals surface area contributed by atoms with E-state index >= 15 is 0 Å². The standard InChI is InChI=1S/C16H18FN3O3S/c1-10(9-22-2)18-16(24)20-19-15(21)14-8-7-13(23-14)11-3-5-12(17)6-4-11/h3-8,10H,9H2,1-2H3,(H,19,21)(H2,18,20,24)/t10-/m1/s1. The molecular weight excluding hydrogens is 333 g/mol. The summed E-state index contributed by atoms with van der Waals surface area (Å²) in [7, 11) is 1.59. The van der Waals surface area contributed by atoms with Crippen molar-refractivity contribution >= 4 is 23.2 Å². The fourth-order valence-electron chi connectivity index (χ4n) is 1.96. The lowest BCUT2D eigenvalue weighted by Crippen LogP contribution is -2.49. The van der Waals surface area contributed by atoms with Gasteiger partial charge in [0.25, 0.3) is 0 Å². The molecule has 1 amide bonds. The minimum absolute atomic E-state index is 0.000550. The molecule has 0 spiro atoms. The molecule has 0 bridgehead atoms. The minimum Gasteiger partial charge on any atom is -0.451 e. The van der Waals surface area contributed by atoms with Gasteiger partial charge >= 0.3 is 5.91 Å². The molecule has 8 heteroatoms. The summed E-state index contributed by atoms with van der Waals surface area (Å²) < 4.78 is 23.4. The monoisotopic (exact) mass is 351 g/mol. The highest BCUT2D eigenvalue weighted by atomic mass is 32.1. The molecule has 128 valence electrons. The number of thiocarbonyl (C=S) groups is 1. The number of hydrazine groups is 1. The number of ether oxygens (including phenoxy) is 1. The number of amides is 1. The average molecular weight is 351 g/mol. The molecule has 0 fully saturated rings. The lowest BCUT2D eigenvalue weighted by atomic mass is 10.2. The summed E-state index contributed by atoms with van der Waals surface area (Å²) in [5.74, 6) is -0.243. The Morgan fingerprint density at radius 2 is 1.96 bits per heavy atom. The first kappa shape index (κ1) is 17.9. The smallest absolute Gasteiger partial charge is 0.305 e. The van der Waals surface area contributed by atoms with Gasteiger partial charge in [-0.15, -0.1) is 0 Å². The van der Waals surface area contributed by atoms with E-state index in [1.807, 2.05) is 6.92 Å². The number of hydrogen-bond donors (Lipinski definition) is 3. The lowest BCUT2D eigenvalue weighted by molar-refractivity contribution is 0.0916. The number of rotatable bonds is 5. The van der Waals surface area contributed by atoms with Crippen molar-refractivity contribution in [2.75, 3.05) is 13.7 Å². The van der Waals surface area contributed by atoms with Crippen molar-refractivity contribution in [3.05, 3.63) is 48.0 Å². The highest BCUT2D eigenvalue weighted by Crippen LogP contribution is 2.22. The van der Waals surface area contributed by atoms with Gasteiger partial charge in [-0.2, -0.15) is 0 Å². The van der Waals surface area contributed by atoms with Crippen LogP contribution in [0.15, 0.2) is 40.8 Å². The van der Waals surface area contributed by atoms with Crippen LogP contribution in [0.1, 0.15) is 17.5 Å². The highest BCUT2D eigenvalue weighted by Gasteiger charge is 2.13. The summed E-state index contributed by atoms with van der Waals surface area (Å²) in [5.41, 5.74) is 5.69. The number of nitrogens with one attached hydrogen (secondary N) is 3. The minimum atomic E-state index is -0.480. The number of carbonyl (C=O) groups excluding carboxylic acids is 1. The zero-order valence-electron chi connectivity index (χ0n) is 13.3. The van der Waals surface area contributed by atoms with Crippen LogP contribution < -0.4 is 16.2 Å². The van der Waals surface area contributed by atoms with Crippen molar-refractivity contribution < 1.29 is 18.3 Å². The fraction of sp³-hybridized carbons (Fsp3) is 0.250. The summed E-state index contributed by atoms with van der Waals surface area (Å²) in [6, 6.07) is 8.96. The Bertz CT molecular complexity index is 703. The Kier molecular flexibility index (Phi) is 6.28. The van der Waals surface area contributed by atoms with Crippen LogP contribution in [-0.2, 0) is 4.74 Å². The number of halogens is 1. The van der Waals surface area contributed by atoms with Crippen molar-refractivity contribution in [3.8, 4) is 11.3 Å². The maximum absolute atomic E-state index is 12.9. The molecular formula is C16H18FN3O3S. The van der Waals surface area contributed by atoms with E-state index in [-0.39, 0.29) is 22.7 Å². The third-order valence-electron chi connectivity index (χ3n) is 3.04. The number of methoxy groups -OCH3 is 1. The molecule has 0 aliphatic carbocycles. The van der Waals surface area contributed by atoms with E-state index in [4.69, 9.17) is 21.4 Å². The Balaban J connectivity index is 1.89. The van der Waals surface area contributed by atoms with Gasteiger partial charge in [-0.05, 0) is 55.5 Å². The molecule has 2 aromatic rings. The van der Waals surface area contributed by atoms with E-state index in [1.54, 1.807) is 25.3 Å². The van der Waals surface area contributed by atoms with E-state index < -0.39 is 5.91 Å². The largest absolute Gasteiger partial charge is 0.451 e. The second kappa shape index (κ2) is 8.42. The Morgan fingerprint density at radius 1 is 1.25 bits per heavy atom. The van der Waals surface area contributed by atoms with E-state index in [1.165, 1.54) is 18.2 Å². The zero-order valence-corrected chi connectivity index (χ0v) is 14.1. The predicted octanol–water partition coefficient (Wildman–Crippen LogP) is 2.23. The molecule has 1 aromatic carbocycles.